The maximum absolute atomic E-state index is 12.5. The van der Waals surface area contributed by atoms with Crippen molar-refractivity contribution in [2.45, 2.75) is 0 Å². The third-order valence-electron chi connectivity index (χ3n) is 4.60. The van der Waals surface area contributed by atoms with E-state index in [0.717, 1.165) is 48.6 Å². The van der Waals surface area contributed by atoms with Gasteiger partial charge in [-0.1, -0.05) is 6.07 Å². The highest BCUT2D eigenvalue weighted by atomic mass is 16.5. The third kappa shape index (κ3) is 3.10. The van der Waals surface area contributed by atoms with Crippen LogP contribution in [0.3, 0.4) is 0 Å². The van der Waals surface area contributed by atoms with Gasteiger partial charge in [0.15, 0.2) is 0 Å². The fraction of sp³-hybridized carbons (Fsp3) is 0.250. The lowest BCUT2D eigenvalue weighted by atomic mass is 10.1. The van der Waals surface area contributed by atoms with Crippen LogP contribution in [0.15, 0.2) is 57.7 Å². The van der Waals surface area contributed by atoms with E-state index < -0.39 is 0 Å². The topological polar surface area (TPSA) is 54.7 Å². The molecule has 5 nitrogen and oxygen atoms in total. The lowest BCUT2D eigenvalue weighted by molar-refractivity contribution is 0.415. The molecule has 0 radical (unpaired) electrons. The standard InChI is InChI=1S/C20H20N2O3/c1-24-17-6-3-14(4-7-17)19-12-15-2-5-16(13-18(15)20(23)25-19)22-10-8-21-9-11-22/h2-7,12-13,21H,8-11H2,1H3. The Labute approximate surface area is 145 Å². The number of ether oxygens (including phenoxy) is 1. The summed E-state index contributed by atoms with van der Waals surface area (Å²) in [6.07, 6.45) is 0. The molecular weight excluding hydrogens is 316 g/mol. The zero-order valence-electron chi connectivity index (χ0n) is 14.1. The van der Waals surface area contributed by atoms with E-state index in [-0.39, 0.29) is 5.63 Å². The van der Waals surface area contributed by atoms with Gasteiger partial charge in [-0.25, -0.2) is 4.79 Å². The Hall–Kier alpha value is -2.79. The van der Waals surface area contributed by atoms with E-state index in [9.17, 15) is 4.79 Å². The summed E-state index contributed by atoms with van der Waals surface area (Å²) in [6.45, 7) is 3.81. The monoisotopic (exact) mass is 336 g/mol. The lowest BCUT2D eigenvalue weighted by Gasteiger charge is -2.29. The normalized spacial score (nSPS) is 14.7. The fourth-order valence-electron chi connectivity index (χ4n) is 3.19. The molecule has 2 heterocycles. The van der Waals surface area contributed by atoms with Crippen molar-refractivity contribution >= 4 is 16.5 Å². The van der Waals surface area contributed by atoms with E-state index in [1.807, 2.05) is 42.5 Å². The van der Waals surface area contributed by atoms with Crippen molar-refractivity contribution in [3.8, 4) is 17.1 Å². The van der Waals surface area contributed by atoms with Crippen molar-refractivity contribution in [2.24, 2.45) is 0 Å². The number of anilines is 1. The van der Waals surface area contributed by atoms with Crippen LogP contribution < -0.4 is 20.6 Å². The van der Waals surface area contributed by atoms with Crippen LogP contribution in [0.1, 0.15) is 0 Å². The molecule has 4 rings (SSSR count). The molecule has 0 saturated carbocycles. The molecule has 1 N–H and O–H groups in total. The molecule has 1 fully saturated rings. The summed E-state index contributed by atoms with van der Waals surface area (Å²) in [7, 11) is 1.63. The highest BCUT2D eigenvalue weighted by Gasteiger charge is 2.13. The molecule has 128 valence electrons. The van der Waals surface area contributed by atoms with Crippen LogP contribution in [-0.2, 0) is 0 Å². The second-order valence-electron chi connectivity index (χ2n) is 6.14. The molecule has 1 saturated heterocycles. The SMILES string of the molecule is COc1ccc(-c2cc3ccc(N4CCNCC4)cc3c(=O)o2)cc1. The van der Waals surface area contributed by atoms with E-state index in [1.165, 1.54) is 0 Å². The third-order valence-corrected chi connectivity index (χ3v) is 4.60. The van der Waals surface area contributed by atoms with Crippen molar-refractivity contribution < 1.29 is 9.15 Å². The second-order valence-corrected chi connectivity index (χ2v) is 6.14. The van der Waals surface area contributed by atoms with Gasteiger partial charge in [-0.15, -0.1) is 0 Å². The van der Waals surface area contributed by atoms with Gasteiger partial charge in [0.1, 0.15) is 11.5 Å². The lowest BCUT2D eigenvalue weighted by Crippen LogP contribution is -2.43. The molecule has 3 aromatic rings. The number of hydrogen-bond acceptors (Lipinski definition) is 5. The van der Waals surface area contributed by atoms with Gasteiger partial charge in [0.2, 0.25) is 0 Å². The van der Waals surface area contributed by atoms with Crippen LogP contribution in [0.25, 0.3) is 22.1 Å². The van der Waals surface area contributed by atoms with Gasteiger partial charge in [-0.3, -0.25) is 0 Å². The molecular formula is C20H20N2O3. The van der Waals surface area contributed by atoms with Gasteiger partial charge in [0, 0.05) is 37.4 Å². The van der Waals surface area contributed by atoms with Gasteiger partial charge >= 0.3 is 5.63 Å². The Kier molecular flexibility index (Phi) is 4.15. The molecule has 0 spiro atoms. The second kappa shape index (κ2) is 6.61. The number of nitrogens with zero attached hydrogens (tertiary/aromatic N) is 1. The molecule has 1 aliphatic heterocycles. The summed E-state index contributed by atoms with van der Waals surface area (Å²) >= 11 is 0. The van der Waals surface area contributed by atoms with E-state index in [0.29, 0.717) is 11.1 Å². The maximum Gasteiger partial charge on any atom is 0.344 e. The van der Waals surface area contributed by atoms with E-state index in [1.54, 1.807) is 7.11 Å². The fourth-order valence-corrected chi connectivity index (χ4v) is 3.19. The number of benzene rings is 2. The van der Waals surface area contributed by atoms with Gasteiger partial charge in [-0.05, 0) is 47.9 Å². The van der Waals surface area contributed by atoms with Crippen molar-refractivity contribution in [3.05, 3.63) is 59.0 Å². The smallest absolute Gasteiger partial charge is 0.344 e. The van der Waals surface area contributed by atoms with Crippen LogP contribution >= 0.6 is 0 Å². The van der Waals surface area contributed by atoms with Crippen LogP contribution in [0.4, 0.5) is 5.69 Å². The Morgan fingerprint density at radius 3 is 2.52 bits per heavy atom. The van der Waals surface area contributed by atoms with Crippen LogP contribution in [0.2, 0.25) is 0 Å². The molecule has 0 atom stereocenters. The molecule has 2 aromatic carbocycles. The zero-order valence-corrected chi connectivity index (χ0v) is 14.1. The minimum absolute atomic E-state index is 0.305. The van der Waals surface area contributed by atoms with E-state index in [4.69, 9.17) is 9.15 Å². The summed E-state index contributed by atoms with van der Waals surface area (Å²) in [6, 6.07) is 15.4. The minimum atomic E-state index is -0.305. The number of piperazine rings is 1. The van der Waals surface area contributed by atoms with Gasteiger partial charge < -0.3 is 19.4 Å². The Morgan fingerprint density at radius 1 is 1.04 bits per heavy atom. The molecule has 1 aromatic heterocycles. The van der Waals surface area contributed by atoms with Crippen LogP contribution in [0.5, 0.6) is 5.75 Å². The average Bonchev–Trinajstić information content (AvgIpc) is 2.68. The maximum atomic E-state index is 12.5. The van der Waals surface area contributed by atoms with Crippen molar-refractivity contribution in [1.29, 1.82) is 0 Å². The Morgan fingerprint density at radius 2 is 1.80 bits per heavy atom. The summed E-state index contributed by atoms with van der Waals surface area (Å²) in [4.78, 5) is 14.8. The molecule has 1 aliphatic rings. The van der Waals surface area contributed by atoms with Crippen molar-refractivity contribution in [1.82, 2.24) is 5.32 Å². The summed E-state index contributed by atoms with van der Waals surface area (Å²) in [5.74, 6) is 1.34. The number of rotatable bonds is 3. The van der Waals surface area contributed by atoms with Crippen LogP contribution in [-0.4, -0.2) is 33.3 Å². The predicted molar refractivity (Wildman–Crippen MR) is 99.6 cm³/mol. The number of methoxy groups -OCH3 is 1. The summed E-state index contributed by atoms with van der Waals surface area (Å²) < 4.78 is 10.7. The molecule has 0 aliphatic carbocycles. The highest BCUT2D eigenvalue weighted by Crippen LogP contribution is 2.26. The largest absolute Gasteiger partial charge is 0.497 e. The summed E-state index contributed by atoms with van der Waals surface area (Å²) in [5, 5.41) is 4.84. The minimum Gasteiger partial charge on any atom is -0.497 e. The molecule has 0 bridgehead atoms. The number of hydrogen-bond donors (Lipinski definition) is 1. The highest BCUT2D eigenvalue weighted by molar-refractivity contribution is 5.87. The van der Waals surface area contributed by atoms with Crippen LogP contribution in [0, 0.1) is 0 Å². The molecule has 0 amide bonds. The quantitative estimate of drug-likeness (QED) is 0.797. The van der Waals surface area contributed by atoms with Gasteiger partial charge in [0.05, 0.1) is 12.5 Å². The molecule has 5 heteroatoms. The van der Waals surface area contributed by atoms with E-state index >= 15 is 0 Å². The molecule has 25 heavy (non-hydrogen) atoms. The number of nitrogens with one attached hydrogen (secondary N) is 1. The van der Waals surface area contributed by atoms with Crippen molar-refractivity contribution in [2.75, 3.05) is 38.2 Å². The number of fused-ring (bicyclic) bond motifs is 1. The molecule has 0 unspecified atom stereocenters. The Balaban J connectivity index is 1.73. The first-order valence-electron chi connectivity index (χ1n) is 8.42. The Bertz CT molecular complexity index is 941. The zero-order chi connectivity index (χ0) is 17.2. The first-order chi connectivity index (χ1) is 12.2. The van der Waals surface area contributed by atoms with Gasteiger partial charge in [0.25, 0.3) is 0 Å². The first kappa shape index (κ1) is 15.7. The summed E-state index contributed by atoms with van der Waals surface area (Å²) in [5.41, 5.74) is 1.62. The van der Waals surface area contributed by atoms with Gasteiger partial charge in [-0.2, -0.15) is 0 Å². The first-order valence-corrected chi connectivity index (χ1v) is 8.42. The van der Waals surface area contributed by atoms with Crippen molar-refractivity contribution in [3.63, 3.8) is 0 Å². The predicted octanol–water partition coefficient (Wildman–Crippen LogP) is 2.88. The van der Waals surface area contributed by atoms with E-state index in [2.05, 4.69) is 16.3 Å². The average molecular weight is 336 g/mol.